The third-order valence-corrected chi connectivity index (χ3v) is 4.12. The maximum Gasteiger partial charge on any atom is 0.243 e. The molecule has 1 heterocycles. The number of carbonyl (C=O) groups is 2. The lowest BCUT2D eigenvalue weighted by Gasteiger charge is -2.39. The molecule has 122 valence electrons. The van der Waals surface area contributed by atoms with E-state index in [1.807, 2.05) is 27.7 Å². The minimum absolute atomic E-state index is 0.0692. The van der Waals surface area contributed by atoms with E-state index < -0.39 is 11.6 Å². The van der Waals surface area contributed by atoms with Crippen molar-refractivity contribution in [2.75, 3.05) is 13.1 Å². The quantitative estimate of drug-likeness (QED) is 0.751. The fourth-order valence-corrected chi connectivity index (χ4v) is 3.24. The second kappa shape index (κ2) is 7.78. The molecule has 1 aliphatic heterocycles. The Labute approximate surface area is 128 Å². The molecule has 1 aliphatic rings. The fourth-order valence-electron chi connectivity index (χ4n) is 3.24. The Morgan fingerprint density at radius 3 is 2.43 bits per heavy atom. The summed E-state index contributed by atoms with van der Waals surface area (Å²) in [5, 5.41) is 13.5. The first kappa shape index (κ1) is 18.0. The third-order valence-electron chi connectivity index (χ3n) is 4.12. The molecule has 0 spiro atoms. The summed E-state index contributed by atoms with van der Waals surface area (Å²) in [6.07, 6.45) is 3.05. The van der Waals surface area contributed by atoms with Crippen molar-refractivity contribution in [3.8, 4) is 0 Å². The topological polar surface area (TPSA) is 69.6 Å². The zero-order chi connectivity index (χ0) is 16.0. The standard InChI is InChI=1S/C16H30N2O3/c1-5-7-16(21,8-6-2)11-13(19)18-10-9-17-15(20)14(18)12(3)4/h12,14,21H,5-11H2,1-4H3,(H,17,20). The van der Waals surface area contributed by atoms with E-state index in [4.69, 9.17) is 0 Å². The van der Waals surface area contributed by atoms with Crippen LogP contribution >= 0.6 is 0 Å². The van der Waals surface area contributed by atoms with Gasteiger partial charge in [-0.15, -0.1) is 0 Å². The largest absolute Gasteiger partial charge is 0.389 e. The SMILES string of the molecule is CCCC(O)(CCC)CC(=O)N1CCNC(=O)C1C(C)C. The number of aliphatic hydroxyl groups is 1. The molecule has 1 unspecified atom stereocenters. The van der Waals surface area contributed by atoms with Crippen LogP contribution in [0.5, 0.6) is 0 Å². The summed E-state index contributed by atoms with van der Waals surface area (Å²) in [7, 11) is 0. The van der Waals surface area contributed by atoms with Gasteiger partial charge < -0.3 is 15.3 Å². The van der Waals surface area contributed by atoms with E-state index in [-0.39, 0.29) is 24.2 Å². The lowest BCUT2D eigenvalue weighted by molar-refractivity contribution is -0.149. The van der Waals surface area contributed by atoms with Gasteiger partial charge in [-0.3, -0.25) is 9.59 Å². The highest BCUT2D eigenvalue weighted by molar-refractivity contribution is 5.89. The molecule has 0 aromatic heterocycles. The molecule has 0 aromatic rings. The monoisotopic (exact) mass is 298 g/mol. The molecule has 0 aromatic carbocycles. The van der Waals surface area contributed by atoms with E-state index in [1.165, 1.54) is 0 Å². The maximum absolute atomic E-state index is 12.6. The normalized spacial score (nSPS) is 19.8. The fraction of sp³-hybridized carbons (Fsp3) is 0.875. The zero-order valence-corrected chi connectivity index (χ0v) is 13.8. The minimum Gasteiger partial charge on any atom is -0.389 e. The molecule has 2 amide bonds. The highest BCUT2D eigenvalue weighted by Gasteiger charge is 2.38. The molecule has 0 bridgehead atoms. The average molecular weight is 298 g/mol. The van der Waals surface area contributed by atoms with Crippen molar-refractivity contribution in [1.29, 1.82) is 0 Å². The Balaban J connectivity index is 2.82. The van der Waals surface area contributed by atoms with Gasteiger partial charge in [-0.2, -0.15) is 0 Å². The van der Waals surface area contributed by atoms with Crippen LogP contribution in [0, 0.1) is 5.92 Å². The molecule has 0 saturated carbocycles. The Bertz CT molecular complexity index is 363. The van der Waals surface area contributed by atoms with Gasteiger partial charge in [0, 0.05) is 13.1 Å². The molecule has 2 N–H and O–H groups in total. The molecule has 1 saturated heterocycles. The van der Waals surface area contributed by atoms with Gasteiger partial charge in [0.25, 0.3) is 0 Å². The Morgan fingerprint density at radius 1 is 1.38 bits per heavy atom. The second-order valence-corrected chi connectivity index (χ2v) is 6.47. The van der Waals surface area contributed by atoms with E-state index in [9.17, 15) is 14.7 Å². The third kappa shape index (κ3) is 4.70. The average Bonchev–Trinajstić information content (AvgIpc) is 2.38. The van der Waals surface area contributed by atoms with Crippen molar-refractivity contribution >= 4 is 11.8 Å². The number of piperazine rings is 1. The van der Waals surface area contributed by atoms with Crippen molar-refractivity contribution in [2.24, 2.45) is 5.92 Å². The molecule has 5 heteroatoms. The molecule has 1 fully saturated rings. The lowest BCUT2D eigenvalue weighted by Crippen LogP contribution is -2.60. The van der Waals surface area contributed by atoms with Gasteiger partial charge >= 0.3 is 0 Å². The predicted octanol–water partition coefficient (Wildman–Crippen LogP) is 1.69. The van der Waals surface area contributed by atoms with E-state index in [2.05, 4.69) is 5.32 Å². The Kier molecular flexibility index (Phi) is 6.65. The van der Waals surface area contributed by atoms with Crippen molar-refractivity contribution in [3.05, 3.63) is 0 Å². The number of hydrogen-bond donors (Lipinski definition) is 2. The van der Waals surface area contributed by atoms with Crippen LogP contribution in [0.2, 0.25) is 0 Å². The first-order chi connectivity index (χ1) is 9.84. The van der Waals surface area contributed by atoms with Gasteiger partial charge in [0.2, 0.25) is 11.8 Å². The highest BCUT2D eigenvalue weighted by atomic mass is 16.3. The van der Waals surface area contributed by atoms with Crippen LogP contribution in [0.4, 0.5) is 0 Å². The first-order valence-corrected chi connectivity index (χ1v) is 8.14. The molecule has 1 rings (SSSR count). The summed E-state index contributed by atoms with van der Waals surface area (Å²) in [4.78, 5) is 26.3. The van der Waals surface area contributed by atoms with Crippen LogP contribution < -0.4 is 5.32 Å². The summed E-state index contributed by atoms with van der Waals surface area (Å²) >= 11 is 0. The van der Waals surface area contributed by atoms with Crippen LogP contribution in [0.25, 0.3) is 0 Å². The molecular formula is C16H30N2O3. The van der Waals surface area contributed by atoms with Crippen molar-refractivity contribution in [3.63, 3.8) is 0 Å². The summed E-state index contributed by atoms with van der Waals surface area (Å²) in [5.41, 5.74) is -0.934. The van der Waals surface area contributed by atoms with Crippen LogP contribution in [-0.2, 0) is 9.59 Å². The molecule has 1 atom stereocenters. The van der Waals surface area contributed by atoms with Crippen molar-refractivity contribution in [2.45, 2.75) is 71.4 Å². The van der Waals surface area contributed by atoms with Crippen LogP contribution in [0.1, 0.15) is 59.8 Å². The smallest absolute Gasteiger partial charge is 0.243 e. The number of carbonyl (C=O) groups excluding carboxylic acids is 2. The van der Waals surface area contributed by atoms with Crippen LogP contribution in [0.3, 0.4) is 0 Å². The number of nitrogens with one attached hydrogen (secondary N) is 1. The number of rotatable bonds is 7. The Hall–Kier alpha value is -1.10. The van der Waals surface area contributed by atoms with E-state index in [0.29, 0.717) is 25.9 Å². The highest BCUT2D eigenvalue weighted by Crippen LogP contribution is 2.26. The van der Waals surface area contributed by atoms with E-state index in [0.717, 1.165) is 12.8 Å². The molecule has 5 nitrogen and oxygen atoms in total. The van der Waals surface area contributed by atoms with Gasteiger partial charge in [-0.05, 0) is 18.8 Å². The minimum atomic E-state index is -0.934. The van der Waals surface area contributed by atoms with Gasteiger partial charge in [0.1, 0.15) is 6.04 Å². The second-order valence-electron chi connectivity index (χ2n) is 6.47. The molecule has 0 aliphatic carbocycles. The van der Waals surface area contributed by atoms with Gasteiger partial charge in [0.15, 0.2) is 0 Å². The summed E-state index contributed by atoms with van der Waals surface area (Å²) in [6, 6.07) is -0.418. The molecule has 21 heavy (non-hydrogen) atoms. The summed E-state index contributed by atoms with van der Waals surface area (Å²) in [5.74, 6) is -0.119. The molecular weight excluding hydrogens is 268 g/mol. The zero-order valence-electron chi connectivity index (χ0n) is 13.8. The maximum atomic E-state index is 12.6. The Morgan fingerprint density at radius 2 is 1.95 bits per heavy atom. The van der Waals surface area contributed by atoms with Crippen molar-refractivity contribution in [1.82, 2.24) is 10.2 Å². The van der Waals surface area contributed by atoms with Gasteiger partial charge in [-0.25, -0.2) is 0 Å². The van der Waals surface area contributed by atoms with Crippen LogP contribution in [0.15, 0.2) is 0 Å². The lowest BCUT2D eigenvalue weighted by atomic mass is 9.88. The summed E-state index contributed by atoms with van der Waals surface area (Å²) < 4.78 is 0. The molecule has 0 radical (unpaired) electrons. The predicted molar refractivity (Wildman–Crippen MR) is 82.7 cm³/mol. The van der Waals surface area contributed by atoms with Gasteiger partial charge in [0.05, 0.1) is 12.0 Å². The first-order valence-electron chi connectivity index (χ1n) is 8.14. The van der Waals surface area contributed by atoms with Crippen LogP contribution in [-0.4, -0.2) is 46.6 Å². The van der Waals surface area contributed by atoms with E-state index in [1.54, 1.807) is 4.90 Å². The van der Waals surface area contributed by atoms with Crippen molar-refractivity contribution < 1.29 is 14.7 Å². The number of amides is 2. The number of hydrogen-bond acceptors (Lipinski definition) is 3. The number of nitrogens with zero attached hydrogens (tertiary/aromatic N) is 1. The van der Waals surface area contributed by atoms with Gasteiger partial charge in [-0.1, -0.05) is 40.5 Å². The van der Waals surface area contributed by atoms with E-state index >= 15 is 0 Å². The summed E-state index contributed by atoms with van der Waals surface area (Å²) in [6.45, 7) is 8.93.